The van der Waals surface area contributed by atoms with Gasteiger partial charge in [0.2, 0.25) is 11.9 Å². The number of amides is 1. The summed E-state index contributed by atoms with van der Waals surface area (Å²) in [6, 6.07) is 9.34. The summed E-state index contributed by atoms with van der Waals surface area (Å²) in [6.07, 6.45) is 0. The molecule has 3 N–H and O–H groups in total. The SMILES string of the molecule is CC(=O)Nc1cccc(Nc2nc(C)cc(NCCN(C)C)n2)c1. The van der Waals surface area contributed by atoms with Crippen molar-refractivity contribution in [3.05, 3.63) is 36.0 Å². The quantitative estimate of drug-likeness (QED) is 0.724. The largest absolute Gasteiger partial charge is 0.369 e. The fraction of sp³-hybridized carbons (Fsp3) is 0.353. The second-order valence-electron chi connectivity index (χ2n) is 5.84. The number of benzene rings is 1. The molecule has 0 aliphatic carbocycles. The maximum Gasteiger partial charge on any atom is 0.229 e. The summed E-state index contributed by atoms with van der Waals surface area (Å²) in [7, 11) is 4.06. The Morgan fingerprint density at radius 2 is 1.92 bits per heavy atom. The molecular formula is C17H24N6O. The first-order valence-electron chi connectivity index (χ1n) is 7.81. The van der Waals surface area contributed by atoms with Crippen LogP contribution in [0.3, 0.4) is 0 Å². The Bertz CT molecular complexity index is 701. The Kier molecular flexibility index (Phi) is 6.08. The third-order valence-electron chi connectivity index (χ3n) is 3.16. The number of hydrogen-bond donors (Lipinski definition) is 3. The van der Waals surface area contributed by atoms with Gasteiger partial charge in [0, 0.05) is 43.1 Å². The highest BCUT2D eigenvalue weighted by Crippen LogP contribution is 2.19. The number of nitrogens with one attached hydrogen (secondary N) is 3. The van der Waals surface area contributed by atoms with Gasteiger partial charge < -0.3 is 20.9 Å². The van der Waals surface area contributed by atoms with Crippen molar-refractivity contribution in [2.75, 3.05) is 43.1 Å². The molecule has 0 fully saturated rings. The average Bonchev–Trinajstić information content (AvgIpc) is 2.45. The summed E-state index contributed by atoms with van der Waals surface area (Å²) in [6.45, 7) is 5.14. The fourth-order valence-corrected chi connectivity index (χ4v) is 2.13. The molecule has 0 spiro atoms. The molecule has 1 heterocycles. The highest BCUT2D eigenvalue weighted by molar-refractivity contribution is 5.89. The molecule has 7 heteroatoms. The molecule has 2 rings (SSSR count). The van der Waals surface area contributed by atoms with Gasteiger partial charge in [-0.2, -0.15) is 4.98 Å². The minimum atomic E-state index is -0.105. The van der Waals surface area contributed by atoms with Gasteiger partial charge >= 0.3 is 0 Å². The molecule has 0 saturated carbocycles. The third-order valence-corrected chi connectivity index (χ3v) is 3.16. The molecular weight excluding hydrogens is 304 g/mol. The van der Waals surface area contributed by atoms with E-state index in [0.29, 0.717) is 5.95 Å². The van der Waals surface area contributed by atoms with Crippen molar-refractivity contribution in [3.63, 3.8) is 0 Å². The molecule has 0 radical (unpaired) electrons. The van der Waals surface area contributed by atoms with Crippen LogP contribution in [-0.4, -0.2) is 48.0 Å². The van der Waals surface area contributed by atoms with Crippen molar-refractivity contribution >= 4 is 29.0 Å². The fourth-order valence-electron chi connectivity index (χ4n) is 2.13. The zero-order chi connectivity index (χ0) is 17.5. The van der Waals surface area contributed by atoms with Crippen LogP contribution < -0.4 is 16.0 Å². The summed E-state index contributed by atoms with van der Waals surface area (Å²) in [5.74, 6) is 1.19. The Labute approximate surface area is 142 Å². The lowest BCUT2D eigenvalue weighted by atomic mass is 10.2. The summed E-state index contributed by atoms with van der Waals surface area (Å²) >= 11 is 0. The number of aromatic nitrogens is 2. The van der Waals surface area contributed by atoms with E-state index in [0.717, 1.165) is 36.0 Å². The van der Waals surface area contributed by atoms with E-state index in [4.69, 9.17) is 0 Å². The van der Waals surface area contributed by atoms with Gasteiger partial charge in [-0.1, -0.05) is 6.07 Å². The van der Waals surface area contributed by atoms with Crippen LogP contribution in [0.1, 0.15) is 12.6 Å². The molecule has 0 atom stereocenters. The van der Waals surface area contributed by atoms with E-state index in [-0.39, 0.29) is 5.91 Å². The van der Waals surface area contributed by atoms with Gasteiger partial charge in [-0.05, 0) is 39.2 Å². The molecule has 1 aromatic heterocycles. The first kappa shape index (κ1) is 17.7. The molecule has 0 aliphatic heterocycles. The average molecular weight is 328 g/mol. The van der Waals surface area contributed by atoms with Crippen molar-refractivity contribution in [3.8, 4) is 0 Å². The minimum Gasteiger partial charge on any atom is -0.369 e. The van der Waals surface area contributed by atoms with E-state index in [1.165, 1.54) is 6.92 Å². The maximum absolute atomic E-state index is 11.2. The number of rotatable bonds is 7. The Hall–Kier alpha value is -2.67. The molecule has 2 aromatic rings. The lowest BCUT2D eigenvalue weighted by Gasteiger charge is -2.13. The van der Waals surface area contributed by atoms with E-state index in [9.17, 15) is 4.79 Å². The van der Waals surface area contributed by atoms with E-state index in [2.05, 4.69) is 30.8 Å². The highest BCUT2D eigenvalue weighted by atomic mass is 16.1. The van der Waals surface area contributed by atoms with Gasteiger partial charge in [0.25, 0.3) is 0 Å². The van der Waals surface area contributed by atoms with Crippen LogP contribution in [0.4, 0.5) is 23.1 Å². The molecule has 0 aliphatic rings. The number of carbonyl (C=O) groups excluding carboxylic acids is 1. The van der Waals surface area contributed by atoms with E-state index in [1.54, 1.807) is 0 Å². The predicted molar refractivity (Wildman–Crippen MR) is 97.8 cm³/mol. The van der Waals surface area contributed by atoms with Gasteiger partial charge in [-0.3, -0.25) is 4.79 Å². The van der Waals surface area contributed by atoms with Crippen LogP contribution in [0.5, 0.6) is 0 Å². The maximum atomic E-state index is 11.2. The zero-order valence-corrected chi connectivity index (χ0v) is 14.6. The second kappa shape index (κ2) is 8.26. The number of aryl methyl sites for hydroxylation is 1. The first-order chi connectivity index (χ1) is 11.4. The Morgan fingerprint density at radius 1 is 1.17 bits per heavy atom. The van der Waals surface area contributed by atoms with Gasteiger partial charge in [-0.15, -0.1) is 0 Å². The van der Waals surface area contributed by atoms with Gasteiger partial charge in [0.1, 0.15) is 5.82 Å². The number of anilines is 4. The number of nitrogens with zero attached hydrogens (tertiary/aromatic N) is 3. The van der Waals surface area contributed by atoms with E-state index < -0.39 is 0 Å². The molecule has 1 aromatic carbocycles. The number of carbonyl (C=O) groups is 1. The van der Waals surface area contributed by atoms with Gasteiger partial charge in [-0.25, -0.2) is 4.98 Å². The number of hydrogen-bond acceptors (Lipinski definition) is 6. The Morgan fingerprint density at radius 3 is 2.62 bits per heavy atom. The molecule has 128 valence electrons. The van der Waals surface area contributed by atoms with Crippen LogP contribution in [0.25, 0.3) is 0 Å². The summed E-state index contributed by atoms with van der Waals surface area (Å²) < 4.78 is 0. The lowest BCUT2D eigenvalue weighted by Crippen LogP contribution is -2.21. The Balaban J connectivity index is 2.09. The summed E-state index contributed by atoms with van der Waals surface area (Å²) in [5.41, 5.74) is 2.41. The van der Waals surface area contributed by atoms with Crippen LogP contribution >= 0.6 is 0 Å². The van der Waals surface area contributed by atoms with E-state index >= 15 is 0 Å². The highest BCUT2D eigenvalue weighted by Gasteiger charge is 2.04. The van der Waals surface area contributed by atoms with E-state index in [1.807, 2.05) is 51.4 Å². The topological polar surface area (TPSA) is 82.2 Å². The van der Waals surface area contributed by atoms with Crippen LogP contribution in [0.2, 0.25) is 0 Å². The molecule has 24 heavy (non-hydrogen) atoms. The predicted octanol–water partition coefficient (Wildman–Crippen LogP) is 2.46. The standard InChI is InChI=1S/C17H24N6O/c1-12-10-16(18-8-9-23(3)4)22-17(19-12)21-15-7-5-6-14(11-15)20-13(2)24/h5-7,10-11H,8-9H2,1-4H3,(H,20,24)(H2,18,19,21,22). The zero-order valence-electron chi connectivity index (χ0n) is 14.6. The van der Waals surface area contributed by atoms with Crippen molar-refractivity contribution < 1.29 is 4.79 Å². The molecule has 7 nitrogen and oxygen atoms in total. The molecule has 0 bridgehead atoms. The normalized spacial score (nSPS) is 10.5. The van der Waals surface area contributed by atoms with Crippen molar-refractivity contribution in [1.29, 1.82) is 0 Å². The molecule has 0 unspecified atom stereocenters. The van der Waals surface area contributed by atoms with Crippen LogP contribution in [-0.2, 0) is 4.79 Å². The van der Waals surface area contributed by atoms with Crippen molar-refractivity contribution in [1.82, 2.24) is 14.9 Å². The second-order valence-corrected chi connectivity index (χ2v) is 5.84. The summed E-state index contributed by atoms with van der Waals surface area (Å²) in [4.78, 5) is 22.1. The van der Waals surface area contributed by atoms with Crippen molar-refractivity contribution in [2.45, 2.75) is 13.8 Å². The third kappa shape index (κ3) is 5.85. The lowest BCUT2D eigenvalue weighted by molar-refractivity contribution is -0.114. The van der Waals surface area contributed by atoms with Gasteiger partial charge in [0.05, 0.1) is 0 Å². The van der Waals surface area contributed by atoms with Gasteiger partial charge in [0.15, 0.2) is 0 Å². The first-order valence-corrected chi connectivity index (χ1v) is 7.81. The minimum absolute atomic E-state index is 0.105. The molecule has 1 amide bonds. The van der Waals surface area contributed by atoms with Crippen LogP contribution in [0, 0.1) is 6.92 Å². The van der Waals surface area contributed by atoms with Crippen LogP contribution in [0.15, 0.2) is 30.3 Å². The smallest absolute Gasteiger partial charge is 0.229 e. The molecule has 0 saturated heterocycles. The number of likely N-dealkylation sites (N-methyl/N-ethyl adjacent to an activating group) is 1. The summed E-state index contributed by atoms with van der Waals surface area (Å²) in [5, 5.41) is 9.22. The monoisotopic (exact) mass is 328 g/mol. The van der Waals surface area contributed by atoms with Crippen molar-refractivity contribution in [2.24, 2.45) is 0 Å².